The molecule has 0 aliphatic rings. The smallest absolute Gasteiger partial charge is 0.101 e. The van der Waals surface area contributed by atoms with Gasteiger partial charge in [0.25, 0.3) is 0 Å². The number of nitriles is 2. The fourth-order valence-electron chi connectivity index (χ4n) is 2.23. The molecule has 0 spiro atoms. The molecule has 0 heterocycles. The number of benzene rings is 1. The second-order valence-electron chi connectivity index (χ2n) is 5.23. The van der Waals surface area contributed by atoms with Crippen molar-refractivity contribution in [2.45, 2.75) is 58.4 Å². The van der Waals surface area contributed by atoms with Crippen molar-refractivity contribution in [3.8, 4) is 12.1 Å². The Morgan fingerprint density at radius 1 is 1.05 bits per heavy atom. The number of nitrogens with zero attached hydrogens (tertiary/aromatic N) is 2. The average molecular weight is 269 g/mol. The van der Waals surface area contributed by atoms with Gasteiger partial charge >= 0.3 is 0 Å². The summed E-state index contributed by atoms with van der Waals surface area (Å²) in [6, 6.07) is 9.81. The molecular formula is C17H23N3. The van der Waals surface area contributed by atoms with Crippen molar-refractivity contribution in [3.05, 3.63) is 29.3 Å². The Labute approximate surface area is 122 Å². The van der Waals surface area contributed by atoms with Crippen molar-refractivity contribution >= 4 is 5.69 Å². The fourth-order valence-corrected chi connectivity index (χ4v) is 2.23. The summed E-state index contributed by atoms with van der Waals surface area (Å²) in [5.41, 5.74) is 1.79. The summed E-state index contributed by atoms with van der Waals surface area (Å²) < 4.78 is 0. The number of anilines is 1. The number of nitrogens with one attached hydrogen (secondary N) is 1. The van der Waals surface area contributed by atoms with Crippen LogP contribution in [0.5, 0.6) is 0 Å². The molecule has 1 unspecified atom stereocenters. The molecule has 0 aliphatic carbocycles. The van der Waals surface area contributed by atoms with Gasteiger partial charge in [0.1, 0.15) is 12.1 Å². The minimum Gasteiger partial charge on any atom is -0.383 e. The Bertz CT molecular complexity index is 494. The first kappa shape index (κ1) is 16.1. The molecule has 1 atom stereocenters. The Morgan fingerprint density at radius 2 is 1.75 bits per heavy atom. The van der Waals surface area contributed by atoms with Gasteiger partial charge in [-0.3, -0.25) is 0 Å². The van der Waals surface area contributed by atoms with E-state index in [4.69, 9.17) is 10.5 Å². The lowest BCUT2D eigenvalue weighted by atomic mass is 10.1. The molecule has 0 aliphatic heterocycles. The molecule has 0 amide bonds. The lowest BCUT2D eigenvalue weighted by Gasteiger charge is -2.15. The van der Waals surface area contributed by atoms with Crippen molar-refractivity contribution < 1.29 is 0 Å². The van der Waals surface area contributed by atoms with E-state index in [1.165, 1.54) is 32.1 Å². The van der Waals surface area contributed by atoms with Crippen LogP contribution in [0.2, 0.25) is 0 Å². The largest absolute Gasteiger partial charge is 0.383 e. The molecule has 106 valence electrons. The van der Waals surface area contributed by atoms with Crippen LogP contribution in [-0.4, -0.2) is 6.04 Å². The summed E-state index contributed by atoms with van der Waals surface area (Å²) in [6.07, 6.45) is 7.56. The summed E-state index contributed by atoms with van der Waals surface area (Å²) >= 11 is 0. The Morgan fingerprint density at radius 3 is 2.40 bits per heavy atom. The molecule has 3 nitrogen and oxygen atoms in total. The fraction of sp³-hybridized carbons (Fsp3) is 0.529. The van der Waals surface area contributed by atoms with E-state index in [0.717, 1.165) is 12.1 Å². The average Bonchev–Trinajstić information content (AvgIpc) is 2.46. The van der Waals surface area contributed by atoms with Crippen molar-refractivity contribution in [2.24, 2.45) is 0 Å². The van der Waals surface area contributed by atoms with Crippen LogP contribution in [0, 0.1) is 22.7 Å². The van der Waals surface area contributed by atoms with E-state index in [-0.39, 0.29) is 0 Å². The van der Waals surface area contributed by atoms with E-state index in [0.29, 0.717) is 17.2 Å². The number of rotatable bonds is 8. The molecule has 20 heavy (non-hydrogen) atoms. The predicted octanol–water partition coefficient (Wildman–Crippen LogP) is 4.59. The molecule has 0 bridgehead atoms. The Balaban J connectivity index is 2.44. The molecule has 3 heteroatoms. The molecule has 1 N–H and O–H groups in total. The monoisotopic (exact) mass is 269 g/mol. The highest BCUT2D eigenvalue weighted by Crippen LogP contribution is 2.17. The maximum atomic E-state index is 9.00. The third kappa shape index (κ3) is 5.33. The standard InChI is InChI=1S/C17H23N3/c1-3-4-5-6-7-8-14(2)20-17-10-9-15(12-18)16(11-17)13-19/h9-11,14,20H,3-8H2,1-2H3. The first-order chi connectivity index (χ1) is 9.71. The Hall–Kier alpha value is -2.00. The second kappa shape index (κ2) is 8.99. The molecule has 1 rings (SSSR count). The molecule has 0 saturated heterocycles. The lowest BCUT2D eigenvalue weighted by Crippen LogP contribution is -2.15. The van der Waals surface area contributed by atoms with Gasteiger partial charge in [0.2, 0.25) is 0 Å². The van der Waals surface area contributed by atoms with Crippen LogP contribution in [0.3, 0.4) is 0 Å². The normalized spacial score (nSPS) is 11.4. The minimum absolute atomic E-state index is 0.385. The van der Waals surface area contributed by atoms with Gasteiger partial charge in [-0.2, -0.15) is 10.5 Å². The highest BCUT2D eigenvalue weighted by molar-refractivity contribution is 5.56. The van der Waals surface area contributed by atoms with Gasteiger partial charge in [0.05, 0.1) is 11.1 Å². The van der Waals surface area contributed by atoms with Gasteiger partial charge in [-0.15, -0.1) is 0 Å². The molecule has 1 aromatic rings. The van der Waals surface area contributed by atoms with E-state index in [1.54, 1.807) is 12.1 Å². The van der Waals surface area contributed by atoms with Crippen molar-refractivity contribution in [1.82, 2.24) is 0 Å². The zero-order valence-electron chi connectivity index (χ0n) is 12.4. The van der Waals surface area contributed by atoms with E-state index in [9.17, 15) is 0 Å². The van der Waals surface area contributed by atoms with Gasteiger partial charge < -0.3 is 5.32 Å². The third-order valence-corrected chi connectivity index (χ3v) is 3.41. The van der Waals surface area contributed by atoms with Crippen molar-refractivity contribution in [2.75, 3.05) is 5.32 Å². The summed E-state index contributed by atoms with van der Waals surface area (Å²) in [5, 5.41) is 21.3. The maximum absolute atomic E-state index is 9.00. The molecule has 0 fully saturated rings. The highest BCUT2D eigenvalue weighted by Gasteiger charge is 2.05. The van der Waals surface area contributed by atoms with Crippen molar-refractivity contribution in [1.29, 1.82) is 10.5 Å². The molecular weight excluding hydrogens is 246 g/mol. The highest BCUT2D eigenvalue weighted by atomic mass is 14.9. The van der Waals surface area contributed by atoms with Crippen LogP contribution in [0.1, 0.15) is 63.5 Å². The summed E-state index contributed by atoms with van der Waals surface area (Å²) in [6.45, 7) is 4.38. The van der Waals surface area contributed by atoms with Gasteiger partial charge in [-0.25, -0.2) is 0 Å². The molecule has 0 aromatic heterocycles. The first-order valence-electron chi connectivity index (χ1n) is 7.42. The van der Waals surface area contributed by atoms with E-state index >= 15 is 0 Å². The summed E-state index contributed by atoms with van der Waals surface area (Å²) in [7, 11) is 0. The van der Waals surface area contributed by atoms with Crippen LogP contribution in [-0.2, 0) is 0 Å². The molecule has 0 saturated carbocycles. The lowest BCUT2D eigenvalue weighted by molar-refractivity contribution is 0.578. The van der Waals surface area contributed by atoms with Gasteiger partial charge in [-0.05, 0) is 31.5 Å². The number of unbranched alkanes of at least 4 members (excludes halogenated alkanes) is 4. The summed E-state index contributed by atoms with van der Waals surface area (Å²) in [5.74, 6) is 0. The van der Waals surface area contributed by atoms with Crippen molar-refractivity contribution in [3.63, 3.8) is 0 Å². The van der Waals surface area contributed by atoms with Gasteiger partial charge in [-0.1, -0.05) is 39.0 Å². The van der Waals surface area contributed by atoms with E-state index in [1.807, 2.05) is 12.1 Å². The van der Waals surface area contributed by atoms with Gasteiger partial charge in [0, 0.05) is 11.7 Å². The van der Waals surface area contributed by atoms with Crippen LogP contribution in [0.15, 0.2) is 18.2 Å². The zero-order chi connectivity index (χ0) is 14.8. The quantitative estimate of drug-likeness (QED) is 0.702. The second-order valence-corrected chi connectivity index (χ2v) is 5.23. The Kier molecular flexibility index (Phi) is 7.22. The predicted molar refractivity (Wildman–Crippen MR) is 82.3 cm³/mol. The molecule has 1 aromatic carbocycles. The van der Waals surface area contributed by atoms with Gasteiger partial charge in [0.15, 0.2) is 0 Å². The SMILES string of the molecule is CCCCCCCC(C)Nc1ccc(C#N)c(C#N)c1. The first-order valence-corrected chi connectivity index (χ1v) is 7.42. The van der Waals surface area contributed by atoms with Crippen LogP contribution >= 0.6 is 0 Å². The number of hydrogen-bond donors (Lipinski definition) is 1. The molecule has 0 radical (unpaired) electrons. The topological polar surface area (TPSA) is 59.6 Å². The number of hydrogen-bond acceptors (Lipinski definition) is 3. The van der Waals surface area contributed by atoms with E-state index in [2.05, 4.69) is 25.2 Å². The third-order valence-electron chi connectivity index (χ3n) is 3.41. The zero-order valence-corrected chi connectivity index (χ0v) is 12.4. The van der Waals surface area contributed by atoms with E-state index < -0.39 is 0 Å². The van der Waals surface area contributed by atoms with Crippen LogP contribution < -0.4 is 5.32 Å². The maximum Gasteiger partial charge on any atom is 0.101 e. The van der Waals surface area contributed by atoms with Crippen LogP contribution in [0.25, 0.3) is 0 Å². The minimum atomic E-state index is 0.385. The van der Waals surface area contributed by atoms with Crippen LogP contribution in [0.4, 0.5) is 5.69 Å². The summed E-state index contributed by atoms with van der Waals surface area (Å²) in [4.78, 5) is 0.